The standard InChI is InChI=1S/C24H32FN3O5S/c1-5-15-26-24(30)20(6-2)27(16-18-11-13-19(25)14-12-18)23(29)17-28(34(4,31)32)21-9-7-8-10-22(21)33-3/h7-14,20H,5-6,15-17H2,1-4H3,(H,26,30). The van der Waals surface area contributed by atoms with Crippen LogP contribution in [0.15, 0.2) is 48.5 Å². The average molecular weight is 494 g/mol. The predicted octanol–water partition coefficient (Wildman–Crippen LogP) is 2.93. The van der Waals surface area contributed by atoms with Gasteiger partial charge in [-0.3, -0.25) is 13.9 Å². The molecule has 0 heterocycles. The summed E-state index contributed by atoms with van der Waals surface area (Å²) >= 11 is 0. The fraction of sp³-hybridized carbons (Fsp3) is 0.417. The van der Waals surface area contributed by atoms with Gasteiger partial charge in [0.25, 0.3) is 0 Å². The molecule has 10 heteroatoms. The van der Waals surface area contributed by atoms with E-state index < -0.39 is 34.3 Å². The molecule has 0 aliphatic heterocycles. The predicted molar refractivity (Wildman–Crippen MR) is 130 cm³/mol. The third-order valence-electron chi connectivity index (χ3n) is 5.23. The van der Waals surface area contributed by atoms with Crippen molar-refractivity contribution < 1.29 is 27.1 Å². The number of para-hydroxylation sites is 2. The highest BCUT2D eigenvalue weighted by Gasteiger charge is 2.32. The number of nitrogens with one attached hydrogen (secondary N) is 1. The van der Waals surface area contributed by atoms with Crippen molar-refractivity contribution in [2.45, 2.75) is 39.3 Å². The summed E-state index contributed by atoms with van der Waals surface area (Å²) in [6, 6.07) is 11.2. The van der Waals surface area contributed by atoms with E-state index >= 15 is 0 Å². The lowest BCUT2D eigenvalue weighted by Gasteiger charge is -2.33. The number of nitrogens with zero attached hydrogens (tertiary/aromatic N) is 2. The van der Waals surface area contributed by atoms with E-state index in [0.717, 1.165) is 17.0 Å². The van der Waals surface area contributed by atoms with Crippen LogP contribution in [-0.4, -0.2) is 57.6 Å². The Kier molecular flexibility index (Phi) is 9.85. The fourth-order valence-electron chi connectivity index (χ4n) is 3.50. The molecule has 0 aliphatic rings. The molecule has 0 fully saturated rings. The van der Waals surface area contributed by atoms with Crippen LogP contribution in [0.3, 0.4) is 0 Å². The number of sulfonamides is 1. The van der Waals surface area contributed by atoms with Crippen LogP contribution < -0.4 is 14.4 Å². The Hall–Kier alpha value is -3.14. The Morgan fingerprint density at radius 3 is 2.29 bits per heavy atom. The van der Waals surface area contributed by atoms with Gasteiger partial charge in [0.2, 0.25) is 21.8 Å². The molecule has 0 radical (unpaired) electrons. The number of amides is 2. The Bertz CT molecular complexity index is 1080. The summed E-state index contributed by atoms with van der Waals surface area (Å²) in [4.78, 5) is 27.7. The monoisotopic (exact) mass is 493 g/mol. The minimum Gasteiger partial charge on any atom is -0.495 e. The first kappa shape index (κ1) is 27.1. The van der Waals surface area contributed by atoms with Gasteiger partial charge < -0.3 is 15.0 Å². The number of halogens is 1. The number of hydrogen-bond acceptors (Lipinski definition) is 5. The lowest BCUT2D eigenvalue weighted by atomic mass is 10.1. The molecule has 34 heavy (non-hydrogen) atoms. The second-order valence-electron chi connectivity index (χ2n) is 7.80. The SMILES string of the molecule is CCCNC(=O)C(CC)N(Cc1ccc(F)cc1)C(=O)CN(c1ccccc1OC)S(C)(=O)=O. The van der Waals surface area contributed by atoms with Gasteiger partial charge in [0.1, 0.15) is 24.2 Å². The second-order valence-corrected chi connectivity index (χ2v) is 9.71. The minimum absolute atomic E-state index is 0.0146. The Labute approximate surface area is 200 Å². The molecule has 8 nitrogen and oxygen atoms in total. The summed E-state index contributed by atoms with van der Waals surface area (Å²) in [7, 11) is -2.46. The van der Waals surface area contributed by atoms with Gasteiger partial charge in [0, 0.05) is 13.1 Å². The van der Waals surface area contributed by atoms with E-state index in [1.807, 2.05) is 6.92 Å². The number of carbonyl (C=O) groups is 2. The third kappa shape index (κ3) is 7.18. The minimum atomic E-state index is -3.87. The van der Waals surface area contributed by atoms with E-state index in [1.165, 1.54) is 36.3 Å². The molecular weight excluding hydrogens is 461 g/mol. The van der Waals surface area contributed by atoms with Crippen molar-refractivity contribution in [3.63, 3.8) is 0 Å². The molecule has 1 N–H and O–H groups in total. The highest BCUT2D eigenvalue weighted by atomic mass is 32.2. The first-order valence-corrected chi connectivity index (χ1v) is 12.9. The third-order valence-corrected chi connectivity index (χ3v) is 6.36. The first-order chi connectivity index (χ1) is 16.1. The smallest absolute Gasteiger partial charge is 0.244 e. The highest BCUT2D eigenvalue weighted by molar-refractivity contribution is 7.92. The second kappa shape index (κ2) is 12.4. The normalized spacial score (nSPS) is 12.0. The summed E-state index contributed by atoms with van der Waals surface area (Å²) in [5.74, 6) is -1.03. The van der Waals surface area contributed by atoms with Crippen LogP contribution >= 0.6 is 0 Å². The van der Waals surface area contributed by atoms with E-state index in [1.54, 1.807) is 31.2 Å². The molecule has 1 unspecified atom stereocenters. The van der Waals surface area contributed by atoms with E-state index in [-0.39, 0.29) is 18.1 Å². The van der Waals surface area contributed by atoms with Gasteiger partial charge >= 0.3 is 0 Å². The summed E-state index contributed by atoms with van der Waals surface area (Å²) < 4.78 is 45.0. The van der Waals surface area contributed by atoms with Gasteiger partial charge in [-0.2, -0.15) is 0 Å². The number of carbonyl (C=O) groups excluding carboxylic acids is 2. The molecule has 2 aromatic rings. The lowest BCUT2D eigenvalue weighted by molar-refractivity contribution is -0.140. The van der Waals surface area contributed by atoms with Crippen molar-refractivity contribution in [2.24, 2.45) is 0 Å². The van der Waals surface area contributed by atoms with Crippen LogP contribution in [0.1, 0.15) is 32.3 Å². The molecule has 0 aliphatic carbocycles. The summed E-state index contributed by atoms with van der Waals surface area (Å²) in [6.07, 6.45) is 2.04. The van der Waals surface area contributed by atoms with E-state index in [2.05, 4.69) is 5.32 Å². The molecule has 0 bridgehead atoms. The van der Waals surface area contributed by atoms with Crippen molar-refractivity contribution in [3.05, 3.63) is 59.9 Å². The van der Waals surface area contributed by atoms with Gasteiger partial charge in [-0.25, -0.2) is 12.8 Å². The van der Waals surface area contributed by atoms with Crippen molar-refractivity contribution >= 4 is 27.5 Å². The van der Waals surface area contributed by atoms with E-state index in [9.17, 15) is 22.4 Å². The van der Waals surface area contributed by atoms with Gasteiger partial charge in [-0.1, -0.05) is 38.1 Å². The highest BCUT2D eigenvalue weighted by Crippen LogP contribution is 2.29. The van der Waals surface area contributed by atoms with Crippen LogP contribution in [0.5, 0.6) is 5.75 Å². The molecule has 2 rings (SSSR count). The quantitative estimate of drug-likeness (QED) is 0.491. The van der Waals surface area contributed by atoms with Crippen LogP contribution in [-0.2, 0) is 26.2 Å². The first-order valence-electron chi connectivity index (χ1n) is 11.0. The number of anilines is 1. The molecule has 0 aromatic heterocycles. The molecule has 0 saturated carbocycles. The van der Waals surface area contributed by atoms with Gasteiger partial charge in [0.05, 0.1) is 19.1 Å². The zero-order chi connectivity index (χ0) is 25.3. The van der Waals surface area contributed by atoms with Gasteiger partial charge in [-0.15, -0.1) is 0 Å². The molecule has 0 saturated heterocycles. The van der Waals surface area contributed by atoms with E-state index in [0.29, 0.717) is 24.3 Å². The average Bonchev–Trinajstić information content (AvgIpc) is 2.81. The lowest BCUT2D eigenvalue weighted by Crippen LogP contribution is -2.52. The van der Waals surface area contributed by atoms with Crippen molar-refractivity contribution in [1.29, 1.82) is 0 Å². The summed E-state index contributed by atoms with van der Waals surface area (Å²) in [5, 5.41) is 2.80. The largest absolute Gasteiger partial charge is 0.495 e. The number of methoxy groups -OCH3 is 1. The summed E-state index contributed by atoms with van der Waals surface area (Å²) in [5.41, 5.74) is 0.825. The summed E-state index contributed by atoms with van der Waals surface area (Å²) in [6.45, 7) is 3.62. The maximum atomic E-state index is 13.5. The Morgan fingerprint density at radius 2 is 1.74 bits per heavy atom. The Balaban J connectivity index is 2.45. The topological polar surface area (TPSA) is 96.0 Å². The van der Waals surface area contributed by atoms with E-state index in [4.69, 9.17) is 4.74 Å². The van der Waals surface area contributed by atoms with Crippen molar-refractivity contribution in [1.82, 2.24) is 10.2 Å². The molecule has 1 atom stereocenters. The van der Waals surface area contributed by atoms with Crippen LogP contribution in [0.25, 0.3) is 0 Å². The maximum absolute atomic E-state index is 13.5. The zero-order valence-electron chi connectivity index (χ0n) is 20.0. The maximum Gasteiger partial charge on any atom is 0.244 e. The molecule has 2 amide bonds. The number of ether oxygens (including phenoxy) is 1. The van der Waals surface area contributed by atoms with Gasteiger partial charge in [0.15, 0.2) is 0 Å². The van der Waals surface area contributed by atoms with Gasteiger partial charge in [-0.05, 0) is 42.7 Å². The van der Waals surface area contributed by atoms with Crippen LogP contribution in [0.2, 0.25) is 0 Å². The van der Waals surface area contributed by atoms with Crippen LogP contribution in [0.4, 0.5) is 10.1 Å². The fourth-order valence-corrected chi connectivity index (χ4v) is 4.36. The molecular formula is C24H32FN3O5S. The number of rotatable bonds is 12. The molecule has 0 spiro atoms. The molecule has 2 aromatic carbocycles. The van der Waals surface area contributed by atoms with Crippen LogP contribution in [0, 0.1) is 5.82 Å². The number of hydrogen-bond donors (Lipinski definition) is 1. The van der Waals surface area contributed by atoms with Crippen molar-refractivity contribution in [2.75, 3.05) is 30.8 Å². The zero-order valence-corrected chi connectivity index (χ0v) is 20.8. The Morgan fingerprint density at radius 1 is 1.09 bits per heavy atom. The molecule has 186 valence electrons. The van der Waals surface area contributed by atoms with Crippen molar-refractivity contribution in [3.8, 4) is 5.75 Å². The number of benzene rings is 2.